The standard InChI is InChI=1S/C20H21N3O5/c1-11(24)12-5-7-13(8-6-12)28-10-18(25)22-16-3-2-4-17-14(16)9-15(19(21)26)20(27)23-17/h5-9,16H,2-4,10H2,1H3,(H2,21,26)(H,22,25)(H,23,27). The minimum absolute atomic E-state index is 0.0476. The van der Waals surface area contributed by atoms with E-state index in [0.717, 1.165) is 6.42 Å². The zero-order valence-electron chi connectivity index (χ0n) is 15.4. The van der Waals surface area contributed by atoms with Gasteiger partial charge in [0.2, 0.25) is 0 Å². The lowest BCUT2D eigenvalue weighted by atomic mass is 9.90. The maximum Gasteiger partial charge on any atom is 0.261 e. The number of pyridine rings is 1. The number of ketones is 1. The van der Waals surface area contributed by atoms with Crippen molar-refractivity contribution in [3.05, 3.63) is 63.1 Å². The van der Waals surface area contributed by atoms with Crippen molar-refractivity contribution < 1.29 is 19.1 Å². The Morgan fingerprint density at radius 3 is 2.61 bits per heavy atom. The van der Waals surface area contributed by atoms with Crippen LogP contribution in [0.1, 0.15) is 57.8 Å². The third-order valence-corrected chi connectivity index (χ3v) is 4.68. The number of aryl methyl sites for hydroxylation is 1. The number of ether oxygens (including phenoxy) is 1. The minimum atomic E-state index is -0.808. The lowest BCUT2D eigenvalue weighted by Gasteiger charge is -2.26. The van der Waals surface area contributed by atoms with Crippen LogP contribution < -0.4 is 21.3 Å². The number of nitrogens with one attached hydrogen (secondary N) is 2. The van der Waals surface area contributed by atoms with Crippen molar-refractivity contribution in [1.82, 2.24) is 10.3 Å². The summed E-state index contributed by atoms with van der Waals surface area (Å²) in [6.45, 7) is 1.28. The number of aromatic amines is 1. The second kappa shape index (κ2) is 8.08. The average Bonchev–Trinajstić information content (AvgIpc) is 2.66. The minimum Gasteiger partial charge on any atom is -0.484 e. The number of hydrogen-bond acceptors (Lipinski definition) is 5. The summed E-state index contributed by atoms with van der Waals surface area (Å²) in [5, 5.41) is 2.87. The fourth-order valence-corrected chi connectivity index (χ4v) is 3.24. The Balaban J connectivity index is 1.66. The zero-order chi connectivity index (χ0) is 20.3. The van der Waals surface area contributed by atoms with Crippen molar-refractivity contribution in [3.63, 3.8) is 0 Å². The van der Waals surface area contributed by atoms with E-state index in [4.69, 9.17) is 10.5 Å². The van der Waals surface area contributed by atoms with E-state index >= 15 is 0 Å². The number of H-pyrrole nitrogens is 1. The highest BCUT2D eigenvalue weighted by Crippen LogP contribution is 2.28. The molecule has 8 nitrogen and oxygen atoms in total. The highest BCUT2D eigenvalue weighted by atomic mass is 16.5. The summed E-state index contributed by atoms with van der Waals surface area (Å²) >= 11 is 0. The van der Waals surface area contributed by atoms with E-state index in [0.29, 0.717) is 35.4 Å². The summed E-state index contributed by atoms with van der Waals surface area (Å²) in [6.07, 6.45) is 2.13. The molecule has 0 spiro atoms. The first kappa shape index (κ1) is 19.3. The molecule has 8 heteroatoms. The van der Waals surface area contributed by atoms with Crippen LogP contribution >= 0.6 is 0 Å². The van der Waals surface area contributed by atoms with Gasteiger partial charge in [0.05, 0.1) is 6.04 Å². The fourth-order valence-electron chi connectivity index (χ4n) is 3.24. The molecular weight excluding hydrogens is 362 g/mol. The Labute approximate surface area is 161 Å². The predicted molar refractivity (Wildman–Crippen MR) is 101 cm³/mol. The number of benzene rings is 1. The first-order valence-electron chi connectivity index (χ1n) is 8.94. The van der Waals surface area contributed by atoms with Gasteiger partial charge in [0.1, 0.15) is 11.3 Å². The maximum absolute atomic E-state index is 12.3. The van der Waals surface area contributed by atoms with E-state index in [1.807, 2.05) is 0 Å². The lowest BCUT2D eigenvalue weighted by molar-refractivity contribution is -0.124. The predicted octanol–water partition coefficient (Wildman–Crippen LogP) is 1.25. The van der Waals surface area contributed by atoms with E-state index < -0.39 is 11.5 Å². The summed E-state index contributed by atoms with van der Waals surface area (Å²) in [4.78, 5) is 49.6. The molecule has 1 heterocycles. The molecule has 0 aliphatic heterocycles. The fraction of sp³-hybridized carbons (Fsp3) is 0.300. The third-order valence-electron chi connectivity index (χ3n) is 4.68. The summed E-state index contributed by atoms with van der Waals surface area (Å²) < 4.78 is 5.46. The number of nitrogens with two attached hydrogens (primary N) is 1. The molecule has 1 aliphatic rings. The molecule has 3 rings (SSSR count). The molecule has 2 aromatic rings. The van der Waals surface area contributed by atoms with Crippen LogP contribution in [0.4, 0.5) is 0 Å². The van der Waals surface area contributed by atoms with Crippen molar-refractivity contribution in [2.45, 2.75) is 32.2 Å². The average molecular weight is 383 g/mol. The van der Waals surface area contributed by atoms with Crippen LogP contribution in [0.2, 0.25) is 0 Å². The molecule has 0 saturated heterocycles. The van der Waals surface area contributed by atoms with Gasteiger partial charge in [-0.3, -0.25) is 19.2 Å². The number of carbonyl (C=O) groups is 3. The van der Waals surface area contributed by atoms with Gasteiger partial charge >= 0.3 is 0 Å². The summed E-state index contributed by atoms with van der Waals surface area (Å²) in [6, 6.07) is 7.65. The Kier molecular flexibility index (Phi) is 5.58. The smallest absolute Gasteiger partial charge is 0.261 e. The number of amides is 2. The van der Waals surface area contributed by atoms with Crippen molar-refractivity contribution in [2.24, 2.45) is 5.73 Å². The number of hydrogen-bond donors (Lipinski definition) is 3. The van der Waals surface area contributed by atoms with Crippen LogP contribution in [-0.4, -0.2) is 29.2 Å². The van der Waals surface area contributed by atoms with E-state index in [2.05, 4.69) is 10.3 Å². The maximum atomic E-state index is 12.3. The van der Waals surface area contributed by atoms with Crippen LogP contribution in [0.5, 0.6) is 5.75 Å². The molecule has 0 radical (unpaired) electrons. The Morgan fingerprint density at radius 2 is 1.96 bits per heavy atom. The first-order chi connectivity index (χ1) is 13.3. The van der Waals surface area contributed by atoms with Crippen LogP contribution in [0.3, 0.4) is 0 Å². The Morgan fingerprint density at radius 1 is 1.25 bits per heavy atom. The van der Waals surface area contributed by atoms with E-state index in [1.54, 1.807) is 24.3 Å². The van der Waals surface area contributed by atoms with Crippen LogP contribution in [-0.2, 0) is 11.2 Å². The number of carbonyl (C=O) groups excluding carboxylic acids is 3. The van der Waals surface area contributed by atoms with Gasteiger partial charge in [0, 0.05) is 11.3 Å². The monoisotopic (exact) mass is 383 g/mol. The molecule has 2 amide bonds. The van der Waals surface area contributed by atoms with E-state index in [1.165, 1.54) is 13.0 Å². The highest BCUT2D eigenvalue weighted by molar-refractivity contribution is 5.94. The van der Waals surface area contributed by atoms with E-state index in [9.17, 15) is 19.2 Å². The van der Waals surface area contributed by atoms with Gasteiger partial charge in [-0.1, -0.05) is 0 Å². The van der Waals surface area contributed by atoms with Crippen molar-refractivity contribution in [1.29, 1.82) is 0 Å². The molecule has 1 aliphatic carbocycles. The van der Waals surface area contributed by atoms with Crippen molar-refractivity contribution >= 4 is 17.6 Å². The second-order valence-corrected chi connectivity index (χ2v) is 6.69. The number of aromatic nitrogens is 1. The number of fused-ring (bicyclic) bond motifs is 1. The normalized spacial score (nSPS) is 15.4. The number of rotatable bonds is 6. The summed E-state index contributed by atoms with van der Waals surface area (Å²) in [5.41, 5.74) is 6.57. The lowest BCUT2D eigenvalue weighted by Crippen LogP contribution is -2.36. The molecule has 1 aromatic heterocycles. The van der Waals surface area contributed by atoms with Gasteiger partial charge in [-0.05, 0) is 62.1 Å². The zero-order valence-corrected chi connectivity index (χ0v) is 15.4. The quantitative estimate of drug-likeness (QED) is 0.646. The van der Waals surface area contributed by atoms with Gasteiger partial charge in [0.25, 0.3) is 17.4 Å². The SMILES string of the molecule is CC(=O)c1ccc(OCC(=O)NC2CCCc3[nH]c(=O)c(C(N)=O)cc32)cc1. The second-order valence-electron chi connectivity index (χ2n) is 6.69. The Hall–Kier alpha value is -3.42. The molecule has 0 fully saturated rings. The molecular formula is C20H21N3O5. The third kappa shape index (κ3) is 4.28. The highest BCUT2D eigenvalue weighted by Gasteiger charge is 2.25. The van der Waals surface area contributed by atoms with Gasteiger partial charge in [0.15, 0.2) is 12.4 Å². The number of Topliss-reactive ketones (excluding diaryl/α,β-unsaturated/α-hetero) is 1. The van der Waals surface area contributed by atoms with Crippen molar-refractivity contribution in [3.8, 4) is 5.75 Å². The summed E-state index contributed by atoms with van der Waals surface area (Å²) in [5.74, 6) is -0.712. The number of primary amides is 1. The van der Waals surface area contributed by atoms with Crippen molar-refractivity contribution in [2.75, 3.05) is 6.61 Å². The van der Waals surface area contributed by atoms with E-state index in [-0.39, 0.29) is 29.9 Å². The van der Waals surface area contributed by atoms with Crippen LogP contribution in [0, 0.1) is 0 Å². The Bertz CT molecular complexity index is 978. The van der Waals surface area contributed by atoms with Gasteiger partial charge in [-0.2, -0.15) is 0 Å². The molecule has 1 unspecified atom stereocenters. The van der Waals surface area contributed by atoms with Gasteiger partial charge in [-0.15, -0.1) is 0 Å². The molecule has 28 heavy (non-hydrogen) atoms. The largest absolute Gasteiger partial charge is 0.484 e. The molecule has 0 bridgehead atoms. The van der Waals surface area contributed by atoms with Gasteiger partial charge < -0.3 is 20.8 Å². The first-order valence-corrected chi connectivity index (χ1v) is 8.94. The topological polar surface area (TPSA) is 131 Å². The molecule has 146 valence electrons. The van der Waals surface area contributed by atoms with Crippen LogP contribution in [0.25, 0.3) is 0 Å². The molecule has 1 atom stereocenters. The molecule has 0 saturated carbocycles. The van der Waals surface area contributed by atoms with Gasteiger partial charge in [-0.25, -0.2) is 0 Å². The van der Waals surface area contributed by atoms with Crippen LogP contribution in [0.15, 0.2) is 35.1 Å². The summed E-state index contributed by atoms with van der Waals surface area (Å²) in [7, 11) is 0. The molecule has 1 aromatic carbocycles. The molecule has 4 N–H and O–H groups in total.